The smallest absolute Gasteiger partial charge is 0.410 e. The lowest BCUT2D eigenvalue weighted by Crippen LogP contribution is -2.33. The lowest BCUT2D eigenvalue weighted by atomic mass is 10.0. The average Bonchev–Trinajstić information content (AvgIpc) is 2.84. The second kappa shape index (κ2) is 6.77. The number of benzene rings is 1. The molecule has 0 unspecified atom stereocenters. The van der Waals surface area contributed by atoms with Gasteiger partial charge in [-0.25, -0.2) is 4.79 Å². The van der Waals surface area contributed by atoms with E-state index < -0.39 is 16.6 Å². The van der Waals surface area contributed by atoms with Crippen molar-refractivity contribution in [2.45, 2.75) is 60.2 Å². The van der Waals surface area contributed by atoms with Crippen LogP contribution in [0.1, 0.15) is 51.3 Å². The SMILES string of the molecule is CC.Cc1c([N+](=O)[O-])ccc2c1CN(C(=O)OC(C)(C)C)C2. The Balaban J connectivity index is 0.00000116. The van der Waals surface area contributed by atoms with Gasteiger partial charge in [-0.2, -0.15) is 0 Å². The Kier molecular flexibility index (Phi) is 5.52. The summed E-state index contributed by atoms with van der Waals surface area (Å²) in [4.78, 5) is 24.1. The number of nitro benzene ring substituents is 1. The molecule has 1 heterocycles. The van der Waals surface area contributed by atoms with Crippen LogP contribution in [0, 0.1) is 17.0 Å². The number of amides is 1. The zero-order valence-corrected chi connectivity index (χ0v) is 14.1. The number of nitro groups is 1. The first-order valence-corrected chi connectivity index (χ1v) is 7.42. The molecule has 1 aliphatic rings. The molecule has 0 aliphatic carbocycles. The van der Waals surface area contributed by atoms with E-state index in [0.29, 0.717) is 18.7 Å². The molecule has 22 heavy (non-hydrogen) atoms. The number of carbonyl (C=O) groups excluding carboxylic acids is 1. The fourth-order valence-electron chi connectivity index (χ4n) is 2.27. The highest BCUT2D eigenvalue weighted by Gasteiger charge is 2.30. The second-order valence-corrected chi connectivity index (χ2v) is 5.94. The molecule has 0 radical (unpaired) electrons. The summed E-state index contributed by atoms with van der Waals surface area (Å²) in [5, 5.41) is 10.9. The molecule has 0 atom stereocenters. The highest BCUT2D eigenvalue weighted by Crippen LogP contribution is 2.32. The van der Waals surface area contributed by atoms with Crippen molar-refractivity contribution in [2.24, 2.45) is 0 Å². The van der Waals surface area contributed by atoms with E-state index in [9.17, 15) is 14.9 Å². The molecule has 6 nitrogen and oxygen atoms in total. The number of ether oxygens (including phenoxy) is 1. The van der Waals surface area contributed by atoms with Gasteiger partial charge in [0, 0.05) is 18.2 Å². The first-order valence-electron chi connectivity index (χ1n) is 7.42. The summed E-state index contributed by atoms with van der Waals surface area (Å²) < 4.78 is 5.32. The monoisotopic (exact) mass is 308 g/mol. The van der Waals surface area contributed by atoms with Crippen molar-refractivity contribution < 1.29 is 14.5 Å². The molecule has 0 aromatic heterocycles. The van der Waals surface area contributed by atoms with Crippen LogP contribution in [0.5, 0.6) is 0 Å². The van der Waals surface area contributed by atoms with Gasteiger partial charge in [-0.15, -0.1) is 0 Å². The van der Waals surface area contributed by atoms with Crippen molar-refractivity contribution in [3.63, 3.8) is 0 Å². The zero-order chi connectivity index (χ0) is 17.1. The van der Waals surface area contributed by atoms with Crippen molar-refractivity contribution >= 4 is 11.8 Å². The molecule has 122 valence electrons. The number of carbonyl (C=O) groups is 1. The molecule has 1 amide bonds. The predicted octanol–water partition coefficient (Wildman–Crippen LogP) is 4.18. The quantitative estimate of drug-likeness (QED) is 0.576. The lowest BCUT2D eigenvalue weighted by molar-refractivity contribution is -0.385. The molecular formula is C16H24N2O4. The summed E-state index contributed by atoms with van der Waals surface area (Å²) >= 11 is 0. The number of nitrogens with zero attached hydrogens (tertiary/aromatic N) is 2. The van der Waals surface area contributed by atoms with Gasteiger partial charge < -0.3 is 4.74 Å². The van der Waals surface area contributed by atoms with Crippen LogP contribution in [-0.2, 0) is 17.8 Å². The molecule has 0 saturated heterocycles. The molecule has 6 heteroatoms. The van der Waals surface area contributed by atoms with E-state index in [0.717, 1.165) is 11.1 Å². The maximum atomic E-state index is 12.0. The third-order valence-electron chi connectivity index (χ3n) is 3.23. The molecule has 0 fully saturated rings. The van der Waals surface area contributed by atoms with Crippen LogP contribution in [0.25, 0.3) is 0 Å². The molecule has 1 aromatic carbocycles. The van der Waals surface area contributed by atoms with Gasteiger partial charge in [0.05, 0.1) is 11.5 Å². The van der Waals surface area contributed by atoms with E-state index in [-0.39, 0.29) is 5.69 Å². The molecule has 1 aromatic rings. The fourth-order valence-corrected chi connectivity index (χ4v) is 2.27. The normalized spacial score (nSPS) is 13.1. The Bertz CT molecular complexity index is 576. The Hall–Kier alpha value is -2.11. The van der Waals surface area contributed by atoms with E-state index in [2.05, 4.69) is 0 Å². The van der Waals surface area contributed by atoms with Crippen molar-refractivity contribution in [2.75, 3.05) is 0 Å². The first kappa shape index (κ1) is 17.9. The fraction of sp³-hybridized carbons (Fsp3) is 0.562. The summed E-state index contributed by atoms with van der Waals surface area (Å²) in [6, 6.07) is 3.21. The van der Waals surface area contributed by atoms with Crippen LogP contribution < -0.4 is 0 Å². The zero-order valence-electron chi connectivity index (χ0n) is 14.1. The van der Waals surface area contributed by atoms with Crippen LogP contribution in [-0.4, -0.2) is 21.5 Å². The van der Waals surface area contributed by atoms with Gasteiger partial charge in [0.25, 0.3) is 5.69 Å². The van der Waals surface area contributed by atoms with Gasteiger partial charge in [-0.3, -0.25) is 15.0 Å². The van der Waals surface area contributed by atoms with E-state index in [1.54, 1.807) is 17.9 Å². The number of rotatable bonds is 1. The summed E-state index contributed by atoms with van der Waals surface area (Å²) in [7, 11) is 0. The van der Waals surface area contributed by atoms with Gasteiger partial charge in [0.1, 0.15) is 5.60 Å². The van der Waals surface area contributed by atoms with Crippen molar-refractivity contribution in [3.8, 4) is 0 Å². The minimum absolute atomic E-state index is 0.0924. The van der Waals surface area contributed by atoms with E-state index >= 15 is 0 Å². The Morgan fingerprint density at radius 2 is 1.86 bits per heavy atom. The van der Waals surface area contributed by atoms with Crippen molar-refractivity contribution in [3.05, 3.63) is 38.9 Å². The van der Waals surface area contributed by atoms with Gasteiger partial charge >= 0.3 is 6.09 Å². The van der Waals surface area contributed by atoms with Crippen molar-refractivity contribution in [1.82, 2.24) is 4.90 Å². The Labute approximate surface area is 131 Å². The van der Waals surface area contributed by atoms with Crippen LogP contribution in [0.4, 0.5) is 10.5 Å². The largest absolute Gasteiger partial charge is 0.444 e. The van der Waals surface area contributed by atoms with Gasteiger partial charge in [-0.05, 0) is 38.8 Å². The lowest BCUT2D eigenvalue weighted by Gasteiger charge is -2.24. The highest BCUT2D eigenvalue weighted by molar-refractivity contribution is 5.70. The van der Waals surface area contributed by atoms with Crippen LogP contribution in [0.2, 0.25) is 0 Å². The van der Waals surface area contributed by atoms with Crippen LogP contribution >= 0.6 is 0 Å². The standard InChI is InChI=1S/C14H18N2O4.C2H6/c1-9-11-8-15(13(17)20-14(2,3)4)7-10(11)5-6-12(9)16(18)19;1-2/h5-6H,7-8H2,1-4H3;1-2H3. The summed E-state index contributed by atoms with van der Waals surface area (Å²) in [6.07, 6.45) is -0.393. The topological polar surface area (TPSA) is 72.7 Å². The minimum atomic E-state index is -0.549. The maximum absolute atomic E-state index is 12.0. The van der Waals surface area contributed by atoms with Gasteiger partial charge in [-0.1, -0.05) is 19.9 Å². The molecule has 0 bridgehead atoms. The summed E-state index contributed by atoms with van der Waals surface area (Å²) in [5.41, 5.74) is 1.96. The van der Waals surface area contributed by atoms with Crippen LogP contribution in [0.3, 0.4) is 0 Å². The van der Waals surface area contributed by atoms with Crippen molar-refractivity contribution in [1.29, 1.82) is 0 Å². The minimum Gasteiger partial charge on any atom is -0.444 e. The van der Waals surface area contributed by atoms with Crippen LogP contribution in [0.15, 0.2) is 12.1 Å². The van der Waals surface area contributed by atoms with Gasteiger partial charge in [0.15, 0.2) is 0 Å². The van der Waals surface area contributed by atoms with E-state index in [4.69, 9.17) is 4.74 Å². The molecule has 0 saturated carbocycles. The molecule has 0 spiro atoms. The predicted molar refractivity (Wildman–Crippen MR) is 84.7 cm³/mol. The Morgan fingerprint density at radius 3 is 2.36 bits per heavy atom. The maximum Gasteiger partial charge on any atom is 0.410 e. The highest BCUT2D eigenvalue weighted by atomic mass is 16.6. The second-order valence-electron chi connectivity index (χ2n) is 5.94. The number of hydrogen-bond donors (Lipinski definition) is 0. The number of hydrogen-bond acceptors (Lipinski definition) is 4. The molecule has 0 N–H and O–H groups in total. The molecule has 1 aliphatic heterocycles. The van der Waals surface area contributed by atoms with Gasteiger partial charge in [0.2, 0.25) is 0 Å². The molecular weight excluding hydrogens is 284 g/mol. The third-order valence-corrected chi connectivity index (χ3v) is 3.23. The number of fused-ring (bicyclic) bond motifs is 1. The summed E-state index contributed by atoms with van der Waals surface area (Å²) in [6.45, 7) is 11.9. The third kappa shape index (κ3) is 3.96. The average molecular weight is 308 g/mol. The summed E-state index contributed by atoms with van der Waals surface area (Å²) in [5.74, 6) is 0. The van der Waals surface area contributed by atoms with E-state index in [1.165, 1.54) is 6.07 Å². The van der Waals surface area contributed by atoms with E-state index in [1.807, 2.05) is 34.6 Å². The first-order chi connectivity index (χ1) is 10.2. The Morgan fingerprint density at radius 1 is 1.27 bits per heavy atom. The molecule has 2 rings (SSSR count).